The van der Waals surface area contributed by atoms with Gasteiger partial charge in [0.1, 0.15) is 12.7 Å². The van der Waals surface area contributed by atoms with E-state index >= 15 is 0 Å². The number of carbonyl (C=O) groups excluding carboxylic acids is 1. The fourth-order valence-corrected chi connectivity index (χ4v) is 3.55. The number of rotatable bonds is 6. The van der Waals surface area contributed by atoms with Crippen molar-refractivity contribution in [1.82, 2.24) is 20.1 Å². The van der Waals surface area contributed by atoms with E-state index in [0.717, 1.165) is 22.4 Å². The van der Waals surface area contributed by atoms with Crippen molar-refractivity contribution >= 4 is 17.2 Å². The molecule has 0 aliphatic carbocycles. The zero-order chi connectivity index (χ0) is 16.9. The Bertz CT molecular complexity index is 806. The van der Waals surface area contributed by atoms with Crippen LogP contribution in [0.25, 0.3) is 0 Å². The fraction of sp³-hybridized carbons (Fsp3) is 0.278. The standard InChI is InChI=1S/C18H20N4OS/c1-3-16-8-17(24-13(16)2)18(23)20-9-14-4-6-15(7-5-14)10-22-12-19-11-21-22/h4-8,11-12H,3,9-10H2,1-2H3,(H,20,23). The molecule has 0 spiro atoms. The van der Waals surface area contributed by atoms with Crippen molar-refractivity contribution in [3.8, 4) is 0 Å². The van der Waals surface area contributed by atoms with E-state index in [0.29, 0.717) is 13.1 Å². The third-order valence-corrected chi connectivity index (χ3v) is 5.00. The van der Waals surface area contributed by atoms with E-state index in [2.05, 4.69) is 29.2 Å². The predicted molar refractivity (Wildman–Crippen MR) is 95.2 cm³/mol. The third kappa shape index (κ3) is 3.89. The number of carbonyl (C=O) groups is 1. The second kappa shape index (κ2) is 7.40. The number of thiophene rings is 1. The summed E-state index contributed by atoms with van der Waals surface area (Å²) in [5.74, 6) is -0.00510. The minimum atomic E-state index is -0.00510. The molecule has 2 aromatic heterocycles. The number of aryl methyl sites for hydroxylation is 2. The highest BCUT2D eigenvalue weighted by molar-refractivity contribution is 7.14. The molecule has 0 saturated heterocycles. The number of hydrogen-bond acceptors (Lipinski definition) is 4. The summed E-state index contributed by atoms with van der Waals surface area (Å²) in [5, 5.41) is 7.08. The summed E-state index contributed by atoms with van der Waals surface area (Å²) in [6.07, 6.45) is 4.19. The molecule has 6 heteroatoms. The number of nitrogens with one attached hydrogen (secondary N) is 1. The molecule has 0 aliphatic heterocycles. The molecule has 0 fully saturated rings. The van der Waals surface area contributed by atoms with E-state index in [1.54, 1.807) is 22.3 Å². The first-order valence-corrected chi connectivity index (χ1v) is 8.75. The predicted octanol–water partition coefficient (Wildman–Crippen LogP) is 3.19. The van der Waals surface area contributed by atoms with Crippen LogP contribution in [0.4, 0.5) is 0 Å². The molecule has 1 aromatic carbocycles. The highest BCUT2D eigenvalue weighted by Crippen LogP contribution is 2.22. The van der Waals surface area contributed by atoms with E-state index in [-0.39, 0.29) is 5.91 Å². The number of amides is 1. The second-order valence-electron chi connectivity index (χ2n) is 5.64. The highest BCUT2D eigenvalue weighted by Gasteiger charge is 2.11. The maximum Gasteiger partial charge on any atom is 0.261 e. The molecule has 24 heavy (non-hydrogen) atoms. The smallest absolute Gasteiger partial charge is 0.261 e. The Hall–Kier alpha value is -2.47. The van der Waals surface area contributed by atoms with Gasteiger partial charge in [-0.1, -0.05) is 31.2 Å². The third-order valence-electron chi connectivity index (χ3n) is 3.91. The van der Waals surface area contributed by atoms with Gasteiger partial charge in [-0.15, -0.1) is 11.3 Å². The van der Waals surface area contributed by atoms with Gasteiger partial charge in [-0.3, -0.25) is 4.79 Å². The quantitative estimate of drug-likeness (QED) is 0.750. The monoisotopic (exact) mass is 340 g/mol. The van der Waals surface area contributed by atoms with Gasteiger partial charge in [0.2, 0.25) is 0 Å². The van der Waals surface area contributed by atoms with Crippen LogP contribution < -0.4 is 5.32 Å². The summed E-state index contributed by atoms with van der Waals surface area (Å²) >= 11 is 1.56. The molecule has 0 atom stereocenters. The summed E-state index contributed by atoms with van der Waals surface area (Å²) in [6, 6.07) is 10.2. The summed E-state index contributed by atoms with van der Waals surface area (Å²) in [7, 11) is 0. The Morgan fingerprint density at radius 1 is 1.25 bits per heavy atom. The Morgan fingerprint density at radius 3 is 2.62 bits per heavy atom. The fourth-order valence-electron chi connectivity index (χ4n) is 2.52. The van der Waals surface area contributed by atoms with Crippen LogP contribution in [0.1, 0.15) is 38.2 Å². The number of benzene rings is 1. The van der Waals surface area contributed by atoms with E-state index in [1.807, 2.05) is 30.3 Å². The van der Waals surface area contributed by atoms with E-state index < -0.39 is 0 Å². The molecule has 2 heterocycles. The van der Waals surface area contributed by atoms with Crippen molar-refractivity contribution in [3.05, 3.63) is 69.4 Å². The Morgan fingerprint density at radius 2 is 2.00 bits per heavy atom. The normalized spacial score (nSPS) is 10.8. The molecule has 3 aromatic rings. The lowest BCUT2D eigenvalue weighted by atomic mass is 10.1. The van der Waals surface area contributed by atoms with Crippen LogP contribution in [-0.4, -0.2) is 20.7 Å². The van der Waals surface area contributed by atoms with Crippen molar-refractivity contribution < 1.29 is 4.79 Å². The minimum absolute atomic E-state index is 0.00510. The minimum Gasteiger partial charge on any atom is -0.347 e. The maximum atomic E-state index is 12.3. The van der Waals surface area contributed by atoms with Gasteiger partial charge in [0.25, 0.3) is 5.91 Å². The van der Waals surface area contributed by atoms with Gasteiger partial charge in [0.05, 0.1) is 11.4 Å². The van der Waals surface area contributed by atoms with Crippen molar-refractivity contribution in [2.45, 2.75) is 33.4 Å². The average molecular weight is 340 g/mol. The number of aromatic nitrogens is 3. The molecule has 0 unspecified atom stereocenters. The topological polar surface area (TPSA) is 59.8 Å². The highest BCUT2D eigenvalue weighted by atomic mass is 32.1. The SMILES string of the molecule is CCc1cc(C(=O)NCc2ccc(Cn3cncn3)cc2)sc1C. The lowest BCUT2D eigenvalue weighted by Crippen LogP contribution is -2.21. The van der Waals surface area contributed by atoms with Crippen LogP contribution in [-0.2, 0) is 19.5 Å². The zero-order valence-electron chi connectivity index (χ0n) is 13.8. The summed E-state index contributed by atoms with van der Waals surface area (Å²) in [5.41, 5.74) is 3.48. The number of hydrogen-bond donors (Lipinski definition) is 1. The molecule has 0 saturated carbocycles. The lowest BCUT2D eigenvalue weighted by Gasteiger charge is -2.06. The lowest BCUT2D eigenvalue weighted by molar-refractivity contribution is 0.0955. The number of nitrogens with zero attached hydrogens (tertiary/aromatic N) is 3. The van der Waals surface area contributed by atoms with Gasteiger partial charge in [-0.05, 0) is 36.1 Å². The first-order valence-electron chi connectivity index (χ1n) is 7.93. The van der Waals surface area contributed by atoms with Crippen molar-refractivity contribution in [1.29, 1.82) is 0 Å². The molecular weight excluding hydrogens is 320 g/mol. The van der Waals surface area contributed by atoms with Gasteiger partial charge in [0.15, 0.2) is 0 Å². The Balaban J connectivity index is 1.56. The molecule has 0 bridgehead atoms. The van der Waals surface area contributed by atoms with Gasteiger partial charge in [0, 0.05) is 11.4 Å². The van der Waals surface area contributed by atoms with Crippen LogP contribution in [0.5, 0.6) is 0 Å². The van der Waals surface area contributed by atoms with Crippen molar-refractivity contribution in [3.63, 3.8) is 0 Å². The van der Waals surface area contributed by atoms with E-state index in [4.69, 9.17) is 0 Å². The largest absolute Gasteiger partial charge is 0.347 e. The van der Waals surface area contributed by atoms with Gasteiger partial charge in [-0.2, -0.15) is 5.10 Å². The Labute approximate surface area is 145 Å². The molecule has 5 nitrogen and oxygen atoms in total. The summed E-state index contributed by atoms with van der Waals surface area (Å²) < 4.78 is 1.78. The van der Waals surface area contributed by atoms with Gasteiger partial charge in [-0.25, -0.2) is 9.67 Å². The van der Waals surface area contributed by atoms with Gasteiger partial charge >= 0.3 is 0 Å². The van der Waals surface area contributed by atoms with Crippen LogP contribution in [0.2, 0.25) is 0 Å². The van der Waals surface area contributed by atoms with E-state index in [9.17, 15) is 4.79 Å². The molecule has 0 radical (unpaired) electrons. The van der Waals surface area contributed by atoms with Crippen LogP contribution in [0.3, 0.4) is 0 Å². The van der Waals surface area contributed by atoms with Crippen LogP contribution in [0.15, 0.2) is 43.0 Å². The van der Waals surface area contributed by atoms with Crippen molar-refractivity contribution in [2.24, 2.45) is 0 Å². The van der Waals surface area contributed by atoms with Crippen LogP contribution >= 0.6 is 11.3 Å². The first kappa shape index (κ1) is 16.4. The molecule has 0 aliphatic rings. The van der Waals surface area contributed by atoms with Gasteiger partial charge < -0.3 is 5.32 Å². The molecule has 3 rings (SSSR count). The molecule has 124 valence electrons. The van der Waals surface area contributed by atoms with E-state index in [1.165, 1.54) is 16.8 Å². The molecule has 1 N–H and O–H groups in total. The average Bonchev–Trinajstić information content (AvgIpc) is 3.23. The molecule has 1 amide bonds. The molecular formula is C18H20N4OS. The first-order chi connectivity index (χ1) is 11.7. The second-order valence-corrected chi connectivity index (χ2v) is 6.89. The zero-order valence-corrected chi connectivity index (χ0v) is 14.6. The Kier molecular flexibility index (Phi) is 5.05. The summed E-state index contributed by atoms with van der Waals surface area (Å²) in [4.78, 5) is 18.2. The maximum absolute atomic E-state index is 12.3. The van der Waals surface area contributed by atoms with Crippen molar-refractivity contribution in [2.75, 3.05) is 0 Å². The summed E-state index contributed by atoms with van der Waals surface area (Å²) in [6.45, 7) is 5.40. The van der Waals surface area contributed by atoms with Crippen LogP contribution in [0, 0.1) is 6.92 Å².